The van der Waals surface area contributed by atoms with Crippen LogP contribution >= 0.6 is 23.2 Å². The Labute approximate surface area is 513 Å². The van der Waals surface area contributed by atoms with Crippen LogP contribution in [-0.2, 0) is 6.42 Å². The van der Waals surface area contributed by atoms with Crippen molar-refractivity contribution < 1.29 is 28.1 Å². The van der Waals surface area contributed by atoms with E-state index in [2.05, 4.69) is 102 Å². The monoisotopic (exact) mass is 1220 g/mol. The van der Waals surface area contributed by atoms with Gasteiger partial charge in [0.25, 0.3) is 0 Å². The number of hydrogen-bond donors (Lipinski definition) is 10. The van der Waals surface area contributed by atoms with Gasteiger partial charge in [0.15, 0.2) is 28.8 Å². The van der Waals surface area contributed by atoms with Crippen LogP contribution < -0.4 is 76.9 Å². The Hall–Kier alpha value is -6.69. The molecule has 458 valence electrons. The standard InChI is InChI=1S/C63H80Cl2FN15O5/c1-34-13-14-40(16-20-69-34)54-57(66)46(27-41-12-9-23-82-58(41)54)77-63-74-37(4)26-51(80-63)71-31-43-33-84-60-48(86-43)29-45(56(65)53(60)39-11-8-21-81(6)22-17-39)76-62-73-36(3)25-50(79-62)70-30-42-32-83-59-47(85-42)28-44(75-61-72-35(2)24-49(67-5)78-61)55(64)52(59)38-10-7-18-68-19-15-38/h15-17,25-29,34-35,42-43,49,61,67-69,72,75,78H,7-14,18-24,30-33H2,1-6H3,(H2,70,73,76,79)(H2,71,74,77,80)/t34-,35?,42?,43?,49?,61?/m1/s1. The number of ether oxygens (including phenoxy) is 5. The van der Waals surface area contributed by atoms with Gasteiger partial charge in [-0.15, -0.1) is 0 Å². The second kappa shape index (κ2) is 26.7. The van der Waals surface area contributed by atoms with E-state index in [0.717, 1.165) is 129 Å². The molecule has 86 heavy (non-hydrogen) atoms. The van der Waals surface area contributed by atoms with Gasteiger partial charge < -0.3 is 71.1 Å². The molecule has 0 aliphatic carbocycles. The smallest absolute Gasteiger partial charge is 0.229 e. The summed E-state index contributed by atoms with van der Waals surface area (Å²) in [6.45, 7) is 14.0. The van der Waals surface area contributed by atoms with Crippen molar-refractivity contribution in [3.05, 3.63) is 98.1 Å². The van der Waals surface area contributed by atoms with Gasteiger partial charge >= 0.3 is 0 Å². The van der Waals surface area contributed by atoms with Crippen molar-refractivity contribution in [2.24, 2.45) is 0 Å². The summed E-state index contributed by atoms with van der Waals surface area (Å²) in [5.74, 6) is 4.40. The molecular weight excluding hydrogens is 1140 g/mol. The summed E-state index contributed by atoms with van der Waals surface area (Å²) in [6.07, 6.45) is 13.4. The number of aryl methyl sites for hydroxylation is 3. The van der Waals surface area contributed by atoms with E-state index in [4.69, 9.17) is 61.8 Å². The molecule has 9 heterocycles. The molecule has 0 bridgehead atoms. The van der Waals surface area contributed by atoms with Gasteiger partial charge in [0.1, 0.15) is 49.1 Å². The van der Waals surface area contributed by atoms with Crippen LogP contribution in [0.15, 0.2) is 48.6 Å². The lowest BCUT2D eigenvalue weighted by atomic mass is 9.93. The van der Waals surface area contributed by atoms with E-state index < -0.39 is 6.10 Å². The molecule has 20 nitrogen and oxygen atoms in total. The number of allylic oxidation sites excluding steroid dienone is 3. The minimum atomic E-state index is -0.432. The molecule has 5 unspecified atom stereocenters. The van der Waals surface area contributed by atoms with Gasteiger partial charge in [-0.25, -0.2) is 14.4 Å². The molecule has 7 aliphatic heterocycles. The van der Waals surface area contributed by atoms with Crippen LogP contribution in [0.3, 0.4) is 0 Å². The molecular formula is C63H80Cl2FN15O5. The topological polar surface area (TPSA) is 221 Å². The van der Waals surface area contributed by atoms with Crippen LogP contribution in [0, 0.1) is 19.7 Å². The second-order valence-corrected chi connectivity index (χ2v) is 24.3. The molecule has 1 fully saturated rings. The van der Waals surface area contributed by atoms with E-state index in [0.29, 0.717) is 118 Å². The molecule has 5 aromatic rings. The summed E-state index contributed by atoms with van der Waals surface area (Å²) in [5, 5.41) is 35.9. The van der Waals surface area contributed by atoms with Crippen molar-refractivity contribution >= 4 is 80.5 Å². The highest BCUT2D eigenvalue weighted by atomic mass is 35.5. The molecule has 0 spiro atoms. The van der Waals surface area contributed by atoms with Crippen LogP contribution in [-0.4, -0.2) is 141 Å². The number of benzene rings is 3. The number of anilines is 7. The first-order valence-electron chi connectivity index (χ1n) is 30.5. The Morgan fingerprint density at radius 1 is 0.674 bits per heavy atom. The summed E-state index contributed by atoms with van der Waals surface area (Å²) < 4.78 is 49.8. The average Bonchev–Trinajstić information content (AvgIpc) is 1.17. The van der Waals surface area contributed by atoms with Gasteiger partial charge in [-0.05, 0) is 141 Å². The Morgan fingerprint density at radius 3 is 2.02 bits per heavy atom. The van der Waals surface area contributed by atoms with Crippen LogP contribution in [0.25, 0.3) is 16.7 Å². The lowest BCUT2D eigenvalue weighted by molar-refractivity contribution is 0.0994. The van der Waals surface area contributed by atoms with Crippen molar-refractivity contribution in [1.29, 1.82) is 0 Å². The second-order valence-electron chi connectivity index (χ2n) is 23.6. The van der Waals surface area contributed by atoms with E-state index in [1.165, 1.54) is 0 Å². The Kier molecular flexibility index (Phi) is 18.5. The first-order valence-corrected chi connectivity index (χ1v) is 31.2. The van der Waals surface area contributed by atoms with E-state index in [1.807, 2.05) is 51.2 Å². The normalized spacial score (nSPS) is 23.2. The molecule has 23 heteroatoms. The minimum Gasteiger partial charge on any atom is -0.493 e. The van der Waals surface area contributed by atoms with Crippen LogP contribution in [0.2, 0.25) is 10.0 Å². The third kappa shape index (κ3) is 13.7. The Balaban J connectivity index is 0.757. The van der Waals surface area contributed by atoms with E-state index in [1.54, 1.807) is 0 Å². The van der Waals surface area contributed by atoms with Crippen LogP contribution in [0.4, 0.5) is 45.0 Å². The van der Waals surface area contributed by atoms with Crippen molar-refractivity contribution in [2.45, 2.75) is 122 Å². The van der Waals surface area contributed by atoms with Gasteiger partial charge in [-0.3, -0.25) is 10.6 Å². The van der Waals surface area contributed by atoms with Crippen LogP contribution in [0.1, 0.15) is 98.9 Å². The number of nitrogens with one attached hydrogen (secondary N) is 10. The third-order valence-corrected chi connectivity index (χ3v) is 17.5. The zero-order valence-corrected chi connectivity index (χ0v) is 51.4. The number of fused-ring (bicyclic) bond motifs is 3. The largest absolute Gasteiger partial charge is 0.493 e. The molecule has 3 aromatic carbocycles. The lowest BCUT2D eigenvalue weighted by Crippen LogP contribution is -2.63. The number of aromatic nitrogens is 4. The quantitative estimate of drug-likeness (QED) is 0.0444. The van der Waals surface area contributed by atoms with Gasteiger partial charge in [-0.2, -0.15) is 9.97 Å². The van der Waals surface area contributed by atoms with Gasteiger partial charge in [0, 0.05) is 78.5 Å². The first kappa shape index (κ1) is 59.6. The summed E-state index contributed by atoms with van der Waals surface area (Å²) in [6, 6.07) is 9.99. The van der Waals surface area contributed by atoms with Crippen molar-refractivity contribution in [3.8, 4) is 28.7 Å². The molecule has 7 aliphatic rings. The van der Waals surface area contributed by atoms with Crippen molar-refractivity contribution in [3.63, 3.8) is 0 Å². The highest BCUT2D eigenvalue weighted by Crippen LogP contribution is 2.50. The number of nitrogens with zero attached hydrogens (tertiary/aromatic N) is 5. The fourth-order valence-corrected chi connectivity index (χ4v) is 12.9. The number of halogens is 3. The fourth-order valence-electron chi connectivity index (χ4n) is 12.3. The maximum absolute atomic E-state index is 16.8. The summed E-state index contributed by atoms with van der Waals surface area (Å²) >= 11 is 14.8. The Bertz CT molecular complexity index is 3420. The fraction of sp³-hybridized carbons (Fsp3) is 0.492. The number of likely N-dealkylation sites (N-methyl/N-ethyl adjacent to an activating group) is 1. The van der Waals surface area contributed by atoms with Crippen molar-refractivity contribution in [2.75, 3.05) is 106 Å². The molecule has 0 amide bonds. The van der Waals surface area contributed by atoms with Crippen molar-refractivity contribution in [1.82, 2.24) is 51.4 Å². The van der Waals surface area contributed by atoms with Gasteiger partial charge in [0.2, 0.25) is 11.9 Å². The van der Waals surface area contributed by atoms with E-state index >= 15 is 4.39 Å². The van der Waals surface area contributed by atoms with E-state index in [-0.39, 0.29) is 43.0 Å². The zero-order valence-electron chi connectivity index (χ0n) is 49.9. The molecule has 12 rings (SSSR count). The average molecular weight is 1220 g/mol. The maximum Gasteiger partial charge on any atom is 0.229 e. The molecule has 10 N–H and O–H groups in total. The van der Waals surface area contributed by atoms with Gasteiger partial charge in [0.05, 0.1) is 58.5 Å². The first-order chi connectivity index (χ1) is 41.8. The summed E-state index contributed by atoms with van der Waals surface area (Å²) in [5.41, 5.74) is 9.33. The molecule has 1 saturated heterocycles. The summed E-state index contributed by atoms with van der Waals surface area (Å²) in [4.78, 5) is 21.5. The molecule has 0 radical (unpaired) electrons. The Morgan fingerprint density at radius 2 is 1.31 bits per heavy atom. The SMILES string of the molecule is CNC1CC(C)NC(Nc2cc3c(c(C4=CCNCCC4)c2Cl)OCC(CNc2cc(C)nc(Nc4cc5c(c(C6=CCN(C)CCC6)c4Cl)OCC(CNc4cc(C)nc(Nc6cc7c(c(C8=CCN[C@H](C)CC8)c6F)OCCC7)n4)O5)n2)O3)N1. The van der Waals surface area contributed by atoms with Gasteiger partial charge in [-0.1, -0.05) is 41.4 Å². The maximum atomic E-state index is 16.8. The molecule has 0 saturated carbocycles. The highest BCUT2D eigenvalue weighted by Gasteiger charge is 2.34. The summed E-state index contributed by atoms with van der Waals surface area (Å²) in [7, 11) is 4.08. The zero-order chi connectivity index (χ0) is 59.4. The molecule has 6 atom stereocenters. The third-order valence-electron chi connectivity index (χ3n) is 16.7. The predicted molar refractivity (Wildman–Crippen MR) is 340 cm³/mol. The highest BCUT2D eigenvalue weighted by molar-refractivity contribution is 6.36. The van der Waals surface area contributed by atoms with Crippen LogP contribution in [0.5, 0.6) is 28.7 Å². The number of hydrogen-bond acceptors (Lipinski definition) is 20. The minimum absolute atomic E-state index is 0.126. The predicted octanol–water partition coefficient (Wildman–Crippen LogP) is 9.89. The lowest BCUT2D eigenvalue weighted by Gasteiger charge is -2.37. The van der Waals surface area contributed by atoms with E-state index in [9.17, 15) is 0 Å². The number of rotatable bonds is 16. The molecule has 2 aromatic heterocycles.